The lowest BCUT2D eigenvalue weighted by atomic mass is 10.0. The highest BCUT2D eigenvalue weighted by Crippen LogP contribution is 2.17. The number of hydrogen-bond acceptors (Lipinski definition) is 3. The molecule has 0 spiro atoms. The van der Waals surface area contributed by atoms with Gasteiger partial charge in [0.25, 0.3) is 0 Å². The zero-order chi connectivity index (χ0) is 13.8. The Morgan fingerprint density at radius 1 is 1.22 bits per heavy atom. The number of benzene rings is 1. The molecule has 0 fully saturated rings. The van der Waals surface area contributed by atoms with Gasteiger partial charge in [0, 0.05) is 6.04 Å². The van der Waals surface area contributed by atoms with Gasteiger partial charge in [-0.1, -0.05) is 32.9 Å². The van der Waals surface area contributed by atoms with Gasteiger partial charge in [-0.2, -0.15) is 0 Å². The van der Waals surface area contributed by atoms with Gasteiger partial charge in [-0.3, -0.25) is 0 Å². The van der Waals surface area contributed by atoms with Crippen LogP contribution >= 0.6 is 0 Å². The predicted octanol–water partition coefficient (Wildman–Crippen LogP) is 1.86. The van der Waals surface area contributed by atoms with E-state index in [1.165, 1.54) is 0 Å². The Balaban J connectivity index is 2.91. The lowest BCUT2D eigenvalue weighted by Gasteiger charge is -2.14. The van der Waals surface area contributed by atoms with Crippen molar-refractivity contribution < 1.29 is 13.5 Å². The molecule has 0 bridgehead atoms. The summed E-state index contributed by atoms with van der Waals surface area (Å²) in [4.78, 5) is 0.235. The van der Waals surface area contributed by atoms with E-state index in [1.807, 2.05) is 19.1 Å². The highest BCUT2D eigenvalue weighted by molar-refractivity contribution is 7.89. The SMILES string of the molecule is CC[C@H](CO)NS(=O)(=O)c1ccc(C(C)C)cc1. The number of hydrogen-bond donors (Lipinski definition) is 2. The van der Waals surface area contributed by atoms with Crippen molar-refractivity contribution in [1.29, 1.82) is 0 Å². The zero-order valence-electron chi connectivity index (χ0n) is 11.1. The molecule has 1 aromatic rings. The van der Waals surface area contributed by atoms with E-state index in [4.69, 9.17) is 5.11 Å². The maximum absolute atomic E-state index is 12.0. The van der Waals surface area contributed by atoms with Crippen LogP contribution in [0.1, 0.15) is 38.7 Å². The topological polar surface area (TPSA) is 66.4 Å². The molecule has 0 unspecified atom stereocenters. The monoisotopic (exact) mass is 271 g/mol. The van der Waals surface area contributed by atoms with Crippen molar-refractivity contribution in [3.05, 3.63) is 29.8 Å². The number of rotatable bonds is 6. The molecule has 1 aromatic carbocycles. The highest BCUT2D eigenvalue weighted by atomic mass is 32.2. The van der Waals surface area contributed by atoms with Gasteiger partial charge >= 0.3 is 0 Å². The third-order valence-electron chi connectivity index (χ3n) is 2.89. The van der Waals surface area contributed by atoms with Crippen LogP contribution in [0.4, 0.5) is 0 Å². The summed E-state index contributed by atoms with van der Waals surface area (Å²) in [6, 6.07) is 6.40. The van der Waals surface area contributed by atoms with E-state index in [-0.39, 0.29) is 11.5 Å². The second-order valence-electron chi connectivity index (χ2n) is 4.63. The molecular weight excluding hydrogens is 250 g/mol. The second-order valence-corrected chi connectivity index (χ2v) is 6.35. The first kappa shape index (κ1) is 15.1. The van der Waals surface area contributed by atoms with Crippen molar-refractivity contribution in [1.82, 2.24) is 4.72 Å². The van der Waals surface area contributed by atoms with E-state index >= 15 is 0 Å². The maximum Gasteiger partial charge on any atom is 0.240 e. The van der Waals surface area contributed by atoms with Crippen LogP contribution < -0.4 is 4.72 Å². The molecule has 0 saturated carbocycles. The molecule has 5 heteroatoms. The Morgan fingerprint density at radius 3 is 2.17 bits per heavy atom. The standard InChI is InChI=1S/C13H21NO3S/c1-4-12(9-15)14-18(16,17)13-7-5-11(6-8-13)10(2)3/h5-8,10,12,14-15H,4,9H2,1-3H3/t12-/m1/s1. The van der Waals surface area contributed by atoms with E-state index in [0.29, 0.717) is 12.3 Å². The summed E-state index contributed by atoms with van der Waals surface area (Å²) in [6.45, 7) is 5.74. The molecule has 1 atom stereocenters. The summed E-state index contributed by atoms with van der Waals surface area (Å²) in [5, 5.41) is 9.03. The fraction of sp³-hybridized carbons (Fsp3) is 0.538. The summed E-state index contributed by atoms with van der Waals surface area (Å²) >= 11 is 0. The quantitative estimate of drug-likeness (QED) is 0.830. The van der Waals surface area contributed by atoms with Gasteiger partial charge in [-0.15, -0.1) is 0 Å². The smallest absolute Gasteiger partial charge is 0.240 e. The fourth-order valence-corrected chi connectivity index (χ4v) is 2.88. The molecule has 18 heavy (non-hydrogen) atoms. The average Bonchev–Trinajstić information content (AvgIpc) is 2.36. The van der Waals surface area contributed by atoms with Crippen LogP contribution in [0.15, 0.2) is 29.2 Å². The van der Waals surface area contributed by atoms with Gasteiger partial charge in [-0.05, 0) is 30.0 Å². The van der Waals surface area contributed by atoms with Crippen LogP contribution in [0.5, 0.6) is 0 Å². The Kier molecular flexibility index (Phi) is 5.31. The van der Waals surface area contributed by atoms with Gasteiger partial charge in [0.1, 0.15) is 0 Å². The molecule has 4 nitrogen and oxygen atoms in total. The van der Waals surface area contributed by atoms with Crippen molar-refractivity contribution in [2.75, 3.05) is 6.61 Å². The largest absolute Gasteiger partial charge is 0.395 e. The average molecular weight is 271 g/mol. The molecular formula is C13H21NO3S. The molecule has 2 N–H and O–H groups in total. The van der Waals surface area contributed by atoms with Crippen LogP contribution in [-0.4, -0.2) is 26.2 Å². The molecule has 1 rings (SSSR count). The number of nitrogens with one attached hydrogen (secondary N) is 1. The molecule has 0 radical (unpaired) electrons. The van der Waals surface area contributed by atoms with Crippen molar-refractivity contribution in [2.45, 2.75) is 44.0 Å². The summed E-state index contributed by atoms with van der Waals surface area (Å²) in [5.74, 6) is 0.371. The Morgan fingerprint density at radius 2 is 1.78 bits per heavy atom. The molecule has 0 aliphatic rings. The Bertz CT molecular complexity index is 462. The van der Waals surface area contributed by atoms with Gasteiger partial charge < -0.3 is 5.11 Å². The van der Waals surface area contributed by atoms with Crippen molar-refractivity contribution in [3.63, 3.8) is 0 Å². The summed E-state index contributed by atoms with van der Waals surface area (Å²) in [7, 11) is -3.54. The highest BCUT2D eigenvalue weighted by Gasteiger charge is 2.18. The van der Waals surface area contributed by atoms with E-state index in [2.05, 4.69) is 18.6 Å². The fourth-order valence-electron chi connectivity index (χ4n) is 1.57. The van der Waals surface area contributed by atoms with E-state index < -0.39 is 16.1 Å². The summed E-state index contributed by atoms with van der Waals surface area (Å²) in [5.41, 5.74) is 1.10. The minimum Gasteiger partial charge on any atom is -0.395 e. The number of aliphatic hydroxyl groups is 1. The minimum atomic E-state index is -3.54. The molecule has 0 saturated heterocycles. The van der Waals surface area contributed by atoms with Gasteiger partial charge in [0.05, 0.1) is 11.5 Å². The summed E-state index contributed by atoms with van der Waals surface area (Å²) in [6.07, 6.45) is 0.555. The Labute approximate surface area is 109 Å². The van der Waals surface area contributed by atoms with Crippen LogP contribution in [0.2, 0.25) is 0 Å². The number of sulfonamides is 1. The van der Waals surface area contributed by atoms with Gasteiger partial charge in [0.2, 0.25) is 10.0 Å². The van der Waals surface area contributed by atoms with E-state index in [9.17, 15) is 8.42 Å². The third kappa shape index (κ3) is 3.80. The Hall–Kier alpha value is -0.910. The summed E-state index contributed by atoms with van der Waals surface area (Å²) < 4.78 is 26.5. The van der Waals surface area contributed by atoms with Crippen molar-refractivity contribution in [3.8, 4) is 0 Å². The predicted molar refractivity (Wildman–Crippen MR) is 72.0 cm³/mol. The second kappa shape index (κ2) is 6.31. The minimum absolute atomic E-state index is 0.195. The van der Waals surface area contributed by atoms with Crippen molar-refractivity contribution >= 4 is 10.0 Å². The first-order chi connectivity index (χ1) is 8.40. The maximum atomic E-state index is 12.0. The number of aliphatic hydroxyl groups excluding tert-OH is 1. The molecule has 0 aliphatic carbocycles. The van der Waals surface area contributed by atoms with E-state index in [0.717, 1.165) is 5.56 Å². The van der Waals surface area contributed by atoms with Gasteiger partial charge in [-0.25, -0.2) is 13.1 Å². The molecule has 0 aromatic heterocycles. The molecule has 0 amide bonds. The molecule has 0 aliphatic heterocycles. The lowest BCUT2D eigenvalue weighted by molar-refractivity contribution is 0.254. The van der Waals surface area contributed by atoms with E-state index in [1.54, 1.807) is 12.1 Å². The lowest BCUT2D eigenvalue weighted by Crippen LogP contribution is -2.36. The van der Waals surface area contributed by atoms with Crippen LogP contribution in [-0.2, 0) is 10.0 Å². The molecule has 102 valence electrons. The van der Waals surface area contributed by atoms with Crippen LogP contribution in [0.25, 0.3) is 0 Å². The first-order valence-electron chi connectivity index (χ1n) is 6.13. The third-order valence-corrected chi connectivity index (χ3v) is 4.43. The normalized spacial score (nSPS) is 13.8. The first-order valence-corrected chi connectivity index (χ1v) is 7.62. The van der Waals surface area contributed by atoms with Crippen molar-refractivity contribution in [2.24, 2.45) is 0 Å². The van der Waals surface area contributed by atoms with Gasteiger partial charge in [0.15, 0.2) is 0 Å². The molecule has 0 heterocycles. The van der Waals surface area contributed by atoms with Crippen LogP contribution in [0.3, 0.4) is 0 Å². The zero-order valence-corrected chi connectivity index (χ0v) is 11.9. The van der Waals surface area contributed by atoms with Crippen LogP contribution in [0, 0.1) is 0 Å².